The van der Waals surface area contributed by atoms with Gasteiger partial charge in [-0.15, -0.1) is 11.3 Å². The molecule has 0 saturated heterocycles. The third-order valence-electron chi connectivity index (χ3n) is 1.94. The lowest BCUT2D eigenvalue weighted by atomic mass is 10.1. The number of hydrogen-bond donors (Lipinski definition) is 0. The van der Waals surface area contributed by atoms with Crippen LogP contribution in [0.15, 0.2) is 16.9 Å². The van der Waals surface area contributed by atoms with Crippen LogP contribution in [-0.4, -0.2) is 0 Å². The summed E-state index contributed by atoms with van der Waals surface area (Å²) in [6, 6.07) is 3.50. The van der Waals surface area contributed by atoms with Crippen molar-refractivity contribution in [3.63, 3.8) is 0 Å². The second kappa shape index (κ2) is 4.05. The van der Waals surface area contributed by atoms with E-state index < -0.39 is 0 Å². The molecule has 0 aromatic carbocycles. The maximum absolute atomic E-state index is 11.3. The molecule has 1 heterocycles. The zero-order valence-electron chi connectivity index (χ0n) is 8.63. The van der Waals surface area contributed by atoms with E-state index in [1.165, 1.54) is 9.75 Å². The lowest BCUT2D eigenvalue weighted by molar-refractivity contribution is 0.870. The fraction of sp³-hybridized carbons (Fsp3) is 0.545. The maximum Gasteiger partial charge on any atom is 0.180 e. The molecule has 0 bridgehead atoms. The minimum atomic E-state index is 0.145. The van der Waals surface area contributed by atoms with E-state index in [0.29, 0.717) is 11.8 Å². The van der Waals surface area contributed by atoms with Gasteiger partial charge in [0.05, 0.1) is 0 Å². The Morgan fingerprint density at radius 2 is 1.38 bits per heavy atom. The lowest BCUT2D eigenvalue weighted by Crippen LogP contribution is -2.02. The molecule has 1 aromatic rings. The van der Waals surface area contributed by atoms with Gasteiger partial charge in [0.2, 0.25) is 0 Å². The summed E-state index contributed by atoms with van der Waals surface area (Å²) in [5, 5.41) is 0. The van der Waals surface area contributed by atoms with Crippen LogP contribution >= 0.6 is 11.3 Å². The summed E-state index contributed by atoms with van der Waals surface area (Å²) in [4.78, 5) is 13.7. The molecule has 0 radical (unpaired) electrons. The lowest BCUT2D eigenvalue weighted by Gasteiger charge is -2.08. The molecule has 0 saturated carbocycles. The van der Waals surface area contributed by atoms with Crippen LogP contribution in [0.5, 0.6) is 0 Å². The molecule has 2 heteroatoms. The molecular weight excluding hydrogens is 180 g/mol. The SMILES string of the molecule is CC(C)c1cc(=O)cc(C(C)C)s1. The van der Waals surface area contributed by atoms with Gasteiger partial charge in [0.25, 0.3) is 0 Å². The summed E-state index contributed by atoms with van der Waals surface area (Å²) in [6.45, 7) is 8.48. The number of hydrogen-bond acceptors (Lipinski definition) is 2. The summed E-state index contributed by atoms with van der Waals surface area (Å²) in [7, 11) is 0. The Morgan fingerprint density at radius 3 is 1.69 bits per heavy atom. The molecule has 13 heavy (non-hydrogen) atoms. The third-order valence-corrected chi connectivity index (χ3v) is 3.59. The average molecular weight is 196 g/mol. The van der Waals surface area contributed by atoms with Gasteiger partial charge in [-0.25, -0.2) is 0 Å². The van der Waals surface area contributed by atoms with Crippen LogP contribution in [0.3, 0.4) is 0 Å². The highest BCUT2D eigenvalue weighted by Crippen LogP contribution is 2.24. The van der Waals surface area contributed by atoms with Crippen molar-refractivity contribution in [1.82, 2.24) is 0 Å². The standard InChI is InChI=1S/C11H16OS/c1-7(2)10-5-9(12)6-11(13-10)8(3)4/h5-8H,1-4H3. The van der Waals surface area contributed by atoms with Gasteiger partial charge in [-0.3, -0.25) is 4.79 Å². The summed E-state index contributed by atoms with van der Waals surface area (Å²) >= 11 is 1.75. The molecule has 0 amide bonds. The largest absolute Gasteiger partial charge is 0.290 e. The van der Waals surface area contributed by atoms with Gasteiger partial charge in [0.15, 0.2) is 5.43 Å². The van der Waals surface area contributed by atoms with Crippen LogP contribution in [-0.2, 0) is 0 Å². The quantitative estimate of drug-likeness (QED) is 0.709. The van der Waals surface area contributed by atoms with Gasteiger partial charge in [0.1, 0.15) is 0 Å². The molecule has 0 atom stereocenters. The van der Waals surface area contributed by atoms with E-state index in [-0.39, 0.29) is 5.43 Å². The summed E-state index contributed by atoms with van der Waals surface area (Å²) < 4.78 is 0. The van der Waals surface area contributed by atoms with Crippen LogP contribution < -0.4 is 5.43 Å². The summed E-state index contributed by atoms with van der Waals surface area (Å²) in [6.07, 6.45) is 0. The molecule has 0 fully saturated rings. The first kappa shape index (κ1) is 10.5. The minimum absolute atomic E-state index is 0.145. The van der Waals surface area contributed by atoms with Gasteiger partial charge < -0.3 is 0 Å². The first-order valence-electron chi connectivity index (χ1n) is 4.65. The smallest absolute Gasteiger partial charge is 0.180 e. The van der Waals surface area contributed by atoms with E-state index >= 15 is 0 Å². The van der Waals surface area contributed by atoms with Gasteiger partial charge >= 0.3 is 0 Å². The molecule has 0 unspecified atom stereocenters. The zero-order valence-corrected chi connectivity index (χ0v) is 9.44. The van der Waals surface area contributed by atoms with Crippen molar-refractivity contribution >= 4 is 11.3 Å². The molecule has 0 aliphatic heterocycles. The maximum atomic E-state index is 11.3. The van der Waals surface area contributed by atoms with Crippen molar-refractivity contribution < 1.29 is 0 Å². The molecular formula is C11H16OS. The van der Waals surface area contributed by atoms with E-state index in [4.69, 9.17) is 0 Å². The predicted octanol–water partition coefficient (Wildman–Crippen LogP) is 3.36. The van der Waals surface area contributed by atoms with E-state index in [9.17, 15) is 4.79 Å². The van der Waals surface area contributed by atoms with Gasteiger partial charge in [-0.05, 0) is 24.0 Å². The minimum Gasteiger partial charge on any atom is -0.290 e. The molecule has 0 spiro atoms. The highest BCUT2D eigenvalue weighted by molar-refractivity contribution is 7.11. The topological polar surface area (TPSA) is 17.1 Å². The van der Waals surface area contributed by atoms with Crippen molar-refractivity contribution in [3.05, 3.63) is 32.1 Å². The second-order valence-electron chi connectivity index (χ2n) is 3.91. The first-order chi connectivity index (χ1) is 6.00. The zero-order chi connectivity index (χ0) is 10.0. The monoisotopic (exact) mass is 196 g/mol. The van der Waals surface area contributed by atoms with E-state index in [1.54, 1.807) is 23.5 Å². The van der Waals surface area contributed by atoms with Crippen LogP contribution in [0, 0.1) is 0 Å². The molecule has 0 N–H and O–H groups in total. The van der Waals surface area contributed by atoms with E-state index in [2.05, 4.69) is 27.7 Å². The van der Waals surface area contributed by atoms with Crippen molar-refractivity contribution in [2.24, 2.45) is 0 Å². The Hall–Kier alpha value is -0.630. The van der Waals surface area contributed by atoms with Gasteiger partial charge in [0, 0.05) is 9.75 Å². The molecule has 0 aliphatic rings. The normalized spacial score (nSPS) is 11.2. The Balaban J connectivity index is 3.19. The number of rotatable bonds is 2. The Labute approximate surface area is 83.4 Å². The van der Waals surface area contributed by atoms with Crippen molar-refractivity contribution in [3.8, 4) is 0 Å². The first-order valence-corrected chi connectivity index (χ1v) is 5.47. The molecule has 1 rings (SSSR count). The van der Waals surface area contributed by atoms with Crippen LogP contribution in [0.4, 0.5) is 0 Å². The Kier molecular flexibility index (Phi) is 3.26. The fourth-order valence-corrected chi connectivity index (χ4v) is 2.18. The van der Waals surface area contributed by atoms with Crippen LogP contribution in [0.25, 0.3) is 0 Å². The highest BCUT2D eigenvalue weighted by Gasteiger charge is 2.06. The van der Waals surface area contributed by atoms with Gasteiger partial charge in [-0.1, -0.05) is 27.7 Å². The molecule has 1 aromatic heterocycles. The van der Waals surface area contributed by atoms with Crippen molar-refractivity contribution in [1.29, 1.82) is 0 Å². The van der Waals surface area contributed by atoms with Crippen molar-refractivity contribution in [2.75, 3.05) is 0 Å². The Bertz CT molecular complexity index is 307. The van der Waals surface area contributed by atoms with Crippen LogP contribution in [0.2, 0.25) is 0 Å². The average Bonchev–Trinajstić information content (AvgIpc) is 2.03. The highest BCUT2D eigenvalue weighted by atomic mass is 32.1. The second-order valence-corrected chi connectivity index (χ2v) is 5.05. The van der Waals surface area contributed by atoms with Crippen LogP contribution in [0.1, 0.15) is 49.3 Å². The molecule has 1 nitrogen and oxygen atoms in total. The predicted molar refractivity (Wildman–Crippen MR) is 58.8 cm³/mol. The summed E-state index contributed by atoms with van der Waals surface area (Å²) in [5.41, 5.74) is 0.145. The Morgan fingerprint density at radius 1 is 1.00 bits per heavy atom. The fourth-order valence-electron chi connectivity index (χ4n) is 1.09. The van der Waals surface area contributed by atoms with E-state index in [1.807, 2.05) is 0 Å². The molecule has 72 valence electrons. The summed E-state index contributed by atoms with van der Waals surface area (Å²) in [5.74, 6) is 0.910. The third kappa shape index (κ3) is 2.66. The van der Waals surface area contributed by atoms with E-state index in [0.717, 1.165) is 0 Å². The van der Waals surface area contributed by atoms with Crippen molar-refractivity contribution in [2.45, 2.75) is 39.5 Å². The van der Waals surface area contributed by atoms with Gasteiger partial charge in [-0.2, -0.15) is 0 Å². The molecule has 0 aliphatic carbocycles.